The number of hydrogen-bond donors (Lipinski definition) is 4. The number of nitrogens with zero attached hydrogens (tertiary/aromatic N) is 1. The van der Waals surface area contributed by atoms with Crippen molar-refractivity contribution in [3.05, 3.63) is 49.0 Å². The Morgan fingerprint density at radius 1 is 1.10 bits per heavy atom. The molecule has 4 aliphatic rings. The number of ketones is 1. The number of anilines is 1. The molecule has 2 aromatic heterocycles. The second-order valence-corrected chi connectivity index (χ2v) is 13.5. The van der Waals surface area contributed by atoms with Crippen LogP contribution in [0.3, 0.4) is 0 Å². The van der Waals surface area contributed by atoms with Gasteiger partial charge in [-0.1, -0.05) is 23.2 Å². The first-order chi connectivity index (χ1) is 20.0. The van der Waals surface area contributed by atoms with Crippen LogP contribution in [0.4, 0.5) is 5.69 Å². The molecule has 4 saturated carbocycles. The number of aromatic nitrogens is 1. The van der Waals surface area contributed by atoms with Gasteiger partial charge < -0.3 is 25.8 Å². The van der Waals surface area contributed by atoms with Crippen molar-refractivity contribution in [3.8, 4) is 0 Å². The fourth-order valence-electron chi connectivity index (χ4n) is 6.85. The van der Waals surface area contributed by atoms with Crippen LogP contribution in [-0.4, -0.2) is 53.1 Å². The number of amides is 4. The zero-order valence-corrected chi connectivity index (χ0v) is 25.1. The van der Waals surface area contributed by atoms with Crippen LogP contribution in [0.25, 0.3) is 0 Å². The molecular weight excluding hydrogens is 605 g/mol. The van der Waals surface area contributed by atoms with Crippen LogP contribution < -0.4 is 26.8 Å². The number of rotatable bonds is 11. The van der Waals surface area contributed by atoms with E-state index in [4.69, 9.17) is 23.2 Å². The van der Waals surface area contributed by atoms with Gasteiger partial charge in [0.15, 0.2) is 0 Å². The van der Waals surface area contributed by atoms with Gasteiger partial charge in [-0.2, -0.15) is 0 Å². The first kappa shape index (κ1) is 30.2. The number of nitrogens with one attached hydrogen (secondary N) is 4. The summed E-state index contributed by atoms with van der Waals surface area (Å²) >= 11 is 13.0. The monoisotopic (exact) mass is 635 g/mol. The predicted molar refractivity (Wildman–Crippen MR) is 158 cm³/mol. The maximum Gasteiger partial charge on any atom is 0.287 e. The fraction of sp³-hybridized carbons (Fsp3) is 0.500. The van der Waals surface area contributed by atoms with E-state index in [0.29, 0.717) is 17.8 Å². The van der Waals surface area contributed by atoms with Crippen LogP contribution in [0.1, 0.15) is 48.9 Å². The van der Waals surface area contributed by atoms with Crippen LogP contribution in [0.2, 0.25) is 8.67 Å². The number of Topliss-reactive ketones (excluding diaryl/α,β-unsaturated/α-hetero) is 1. The number of thiophene rings is 1. The summed E-state index contributed by atoms with van der Waals surface area (Å²) in [5.41, 5.74) is -0.671. The molecule has 6 rings (SSSR count). The van der Waals surface area contributed by atoms with Gasteiger partial charge in [0.2, 0.25) is 17.6 Å². The molecule has 4 fully saturated rings. The van der Waals surface area contributed by atoms with Crippen LogP contribution in [0.5, 0.6) is 0 Å². The molecule has 0 aromatic carbocycles. The number of carbonyl (C=O) groups excluding carboxylic acids is 5. The number of likely N-dealkylation sites (N-methyl/N-ethyl adjacent to an activating group) is 1. The lowest BCUT2D eigenvalue weighted by atomic mass is 9.79. The SMILES string of the molecule is CNC(=O)C(=O)CC[C@H](NC(=O)c1cc(Cl)sc1Cl)C(=O)Nc1cccn(CC(=O)NC2C3CC4CC(C3)C2C4)c1=O. The maximum atomic E-state index is 13.3. The molecule has 2 heterocycles. The summed E-state index contributed by atoms with van der Waals surface area (Å²) in [7, 11) is 1.30. The van der Waals surface area contributed by atoms with E-state index in [2.05, 4.69) is 21.3 Å². The van der Waals surface area contributed by atoms with Gasteiger partial charge in [-0.25, -0.2) is 0 Å². The molecule has 6 atom stereocenters. The molecule has 4 bridgehead atoms. The molecule has 4 N–H and O–H groups in total. The summed E-state index contributed by atoms with van der Waals surface area (Å²) in [5, 5.41) is 10.4. The minimum Gasteiger partial charge on any atom is -0.353 e. The summed E-state index contributed by atoms with van der Waals surface area (Å²) in [6, 6.07) is 3.10. The topological polar surface area (TPSA) is 155 Å². The molecule has 4 aliphatic carbocycles. The minimum atomic E-state index is -1.30. The Labute approximate surface area is 255 Å². The summed E-state index contributed by atoms with van der Waals surface area (Å²) in [6.45, 7) is -0.204. The molecule has 2 aromatic rings. The summed E-state index contributed by atoms with van der Waals surface area (Å²) in [6.07, 6.45) is 5.61. The summed E-state index contributed by atoms with van der Waals surface area (Å²) < 4.78 is 1.59. The third-order valence-corrected chi connectivity index (χ3v) is 10.1. The highest BCUT2D eigenvalue weighted by Crippen LogP contribution is 2.58. The molecule has 0 radical (unpaired) electrons. The first-order valence-electron chi connectivity index (χ1n) is 13.8. The number of hydrogen-bond acceptors (Lipinski definition) is 7. The molecule has 5 unspecified atom stereocenters. The van der Waals surface area contributed by atoms with Gasteiger partial charge in [0.05, 0.1) is 9.90 Å². The zero-order chi connectivity index (χ0) is 30.1. The van der Waals surface area contributed by atoms with E-state index in [0.717, 1.165) is 36.5 Å². The van der Waals surface area contributed by atoms with Crippen LogP contribution in [0, 0.1) is 23.7 Å². The second kappa shape index (κ2) is 12.6. The van der Waals surface area contributed by atoms with E-state index in [1.165, 1.54) is 42.4 Å². The standard InChI is InChI=1S/C28H31Cl2N5O6S/c1-31-27(40)20(36)5-4-18(32-25(38)17-11-21(29)42-24(17)30)26(39)33-19-3-2-6-35(28(19)41)12-22(37)34-23-15-8-13-7-14(10-15)16(23)9-13/h2-3,6,11,13-16,18,23H,4-5,7-10,12H2,1H3,(H,31,40)(H,32,38)(H,33,39)(H,34,37)/t13?,14?,15?,16?,18-,23?/m0/s1. The molecule has 14 heteroatoms. The zero-order valence-electron chi connectivity index (χ0n) is 22.8. The Morgan fingerprint density at radius 3 is 2.55 bits per heavy atom. The van der Waals surface area contributed by atoms with Crippen molar-refractivity contribution in [1.82, 2.24) is 20.5 Å². The van der Waals surface area contributed by atoms with Crippen molar-refractivity contribution in [2.45, 2.75) is 57.2 Å². The Morgan fingerprint density at radius 2 is 1.86 bits per heavy atom. The third-order valence-electron chi connectivity index (χ3n) is 8.64. The normalized spacial score (nSPS) is 24.2. The largest absolute Gasteiger partial charge is 0.353 e. The van der Waals surface area contributed by atoms with Crippen molar-refractivity contribution in [1.29, 1.82) is 0 Å². The van der Waals surface area contributed by atoms with E-state index in [9.17, 15) is 28.8 Å². The van der Waals surface area contributed by atoms with E-state index < -0.39 is 35.1 Å². The summed E-state index contributed by atoms with van der Waals surface area (Å²) in [5.74, 6) is -0.893. The second-order valence-electron chi connectivity index (χ2n) is 11.2. The Balaban J connectivity index is 1.26. The lowest BCUT2D eigenvalue weighted by Gasteiger charge is -2.32. The highest BCUT2D eigenvalue weighted by molar-refractivity contribution is 7.20. The average Bonchev–Trinajstić information content (AvgIpc) is 3.53. The van der Waals surface area contributed by atoms with E-state index >= 15 is 0 Å². The Hall–Kier alpha value is -3.22. The van der Waals surface area contributed by atoms with Gasteiger partial charge in [-0.05, 0) is 74.0 Å². The average molecular weight is 637 g/mol. The molecule has 224 valence electrons. The van der Waals surface area contributed by atoms with E-state index in [-0.39, 0.29) is 51.3 Å². The Kier molecular flexibility index (Phi) is 9.05. The highest BCUT2D eigenvalue weighted by Gasteiger charge is 2.54. The van der Waals surface area contributed by atoms with Gasteiger partial charge in [-0.3, -0.25) is 28.8 Å². The van der Waals surface area contributed by atoms with Gasteiger partial charge in [0.1, 0.15) is 22.6 Å². The van der Waals surface area contributed by atoms with Crippen LogP contribution in [0.15, 0.2) is 29.2 Å². The molecule has 0 aliphatic heterocycles. The lowest BCUT2D eigenvalue weighted by Crippen LogP contribution is -2.46. The number of carbonyl (C=O) groups is 5. The molecule has 42 heavy (non-hydrogen) atoms. The highest BCUT2D eigenvalue weighted by atomic mass is 35.5. The molecule has 4 amide bonds. The van der Waals surface area contributed by atoms with Crippen molar-refractivity contribution in [2.24, 2.45) is 23.7 Å². The van der Waals surface area contributed by atoms with Gasteiger partial charge in [-0.15, -0.1) is 11.3 Å². The lowest BCUT2D eigenvalue weighted by molar-refractivity contribution is -0.137. The quantitative estimate of drug-likeness (QED) is 0.278. The third kappa shape index (κ3) is 6.40. The maximum absolute atomic E-state index is 13.3. The molecule has 0 spiro atoms. The van der Waals surface area contributed by atoms with E-state index in [1.54, 1.807) is 0 Å². The van der Waals surface area contributed by atoms with Crippen molar-refractivity contribution >= 4 is 69.6 Å². The van der Waals surface area contributed by atoms with Crippen molar-refractivity contribution in [2.75, 3.05) is 12.4 Å². The smallest absolute Gasteiger partial charge is 0.287 e. The number of halogens is 2. The molecular formula is C28H31Cl2N5O6S. The minimum absolute atomic E-state index is 0.0405. The fourth-order valence-corrected chi connectivity index (χ4v) is 8.31. The van der Waals surface area contributed by atoms with Gasteiger partial charge in [0, 0.05) is 25.7 Å². The van der Waals surface area contributed by atoms with Gasteiger partial charge >= 0.3 is 0 Å². The van der Waals surface area contributed by atoms with Crippen LogP contribution in [-0.2, 0) is 25.7 Å². The molecule has 0 saturated heterocycles. The molecule has 11 nitrogen and oxygen atoms in total. The van der Waals surface area contributed by atoms with Gasteiger partial charge in [0.25, 0.3) is 17.4 Å². The van der Waals surface area contributed by atoms with Crippen LogP contribution >= 0.6 is 34.5 Å². The van der Waals surface area contributed by atoms with E-state index in [1.807, 2.05) is 0 Å². The van der Waals surface area contributed by atoms with Crippen molar-refractivity contribution in [3.63, 3.8) is 0 Å². The summed E-state index contributed by atoms with van der Waals surface area (Å²) in [4.78, 5) is 76.0. The first-order valence-corrected chi connectivity index (χ1v) is 15.4. The predicted octanol–water partition coefficient (Wildman–Crippen LogP) is 2.60. The number of pyridine rings is 1. The Bertz CT molecular complexity index is 1490. The van der Waals surface area contributed by atoms with Crippen molar-refractivity contribution < 1.29 is 24.0 Å².